The van der Waals surface area contributed by atoms with Crippen LogP contribution in [0.3, 0.4) is 0 Å². The maximum Gasteiger partial charge on any atom is 0.307 e. The SMILES string of the molecule is O=C=Nc1cccc(C=CCC(=O)O)c1. The van der Waals surface area contributed by atoms with E-state index in [0.717, 1.165) is 5.56 Å². The molecule has 1 aromatic carbocycles. The number of carbonyl (C=O) groups excluding carboxylic acids is 1. The van der Waals surface area contributed by atoms with Crippen LogP contribution in [0.2, 0.25) is 0 Å². The Morgan fingerprint density at radius 1 is 1.53 bits per heavy atom. The van der Waals surface area contributed by atoms with Crippen LogP contribution in [-0.4, -0.2) is 17.2 Å². The zero-order valence-electron chi connectivity index (χ0n) is 7.88. The lowest BCUT2D eigenvalue weighted by Gasteiger charge is -1.93. The molecule has 1 N–H and O–H groups in total. The first-order valence-electron chi connectivity index (χ1n) is 4.28. The molecular formula is C11H9NO3. The van der Waals surface area contributed by atoms with E-state index in [-0.39, 0.29) is 6.42 Å². The average molecular weight is 203 g/mol. The Morgan fingerprint density at radius 2 is 2.33 bits per heavy atom. The van der Waals surface area contributed by atoms with Gasteiger partial charge in [-0.05, 0) is 17.7 Å². The van der Waals surface area contributed by atoms with Crippen LogP contribution in [0.1, 0.15) is 12.0 Å². The van der Waals surface area contributed by atoms with Crippen LogP contribution in [-0.2, 0) is 9.59 Å². The maximum absolute atomic E-state index is 10.2. The minimum absolute atomic E-state index is 0.0266. The third-order valence-electron chi connectivity index (χ3n) is 1.65. The summed E-state index contributed by atoms with van der Waals surface area (Å²) in [5.41, 5.74) is 1.30. The van der Waals surface area contributed by atoms with Gasteiger partial charge >= 0.3 is 5.97 Å². The molecule has 76 valence electrons. The van der Waals surface area contributed by atoms with E-state index in [2.05, 4.69) is 4.99 Å². The first-order chi connectivity index (χ1) is 7.22. The second-order valence-electron chi connectivity index (χ2n) is 2.80. The molecule has 0 spiro atoms. The van der Waals surface area contributed by atoms with Gasteiger partial charge in [0.25, 0.3) is 0 Å². The zero-order valence-corrected chi connectivity index (χ0v) is 7.88. The van der Waals surface area contributed by atoms with Crippen molar-refractivity contribution >= 4 is 23.8 Å². The molecule has 0 bridgehead atoms. The van der Waals surface area contributed by atoms with Crippen LogP contribution in [0.5, 0.6) is 0 Å². The molecule has 0 aromatic heterocycles. The highest BCUT2D eigenvalue weighted by atomic mass is 16.4. The normalized spacial score (nSPS) is 9.87. The number of isocyanates is 1. The Morgan fingerprint density at radius 3 is 3.00 bits per heavy atom. The first kappa shape index (κ1) is 10.9. The lowest BCUT2D eigenvalue weighted by atomic mass is 10.2. The lowest BCUT2D eigenvalue weighted by molar-refractivity contribution is -0.135. The number of nitrogens with zero attached hydrogens (tertiary/aromatic N) is 1. The van der Waals surface area contributed by atoms with E-state index in [4.69, 9.17) is 5.11 Å². The summed E-state index contributed by atoms with van der Waals surface area (Å²) in [5.74, 6) is -0.881. The van der Waals surface area contributed by atoms with E-state index >= 15 is 0 Å². The summed E-state index contributed by atoms with van der Waals surface area (Å²) < 4.78 is 0. The largest absolute Gasteiger partial charge is 0.481 e. The van der Waals surface area contributed by atoms with Crippen molar-refractivity contribution in [2.75, 3.05) is 0 Å². The molecule has 0 aliphatic carbocycles. The number of aliphatic carboxylic acids is 1. The summed E-state index contributed by atoms with van der Waals surface area (Å²) in [6.45, 7) is 0. The number of hydrogen-bond acceptors (Lipinski definition) is 3. The van der Waals surface area contributed by atoms with Gasteiger partial charge in [0.05, 0.1) is 12.1 Å². The van der Waals surface area contributed by atoms with Crippen molar-refractivity contribution in [1.82, 2.24) is 0 Å². The van der Waals surface area contributed by atoms with Gasteiger partial charge in [0.1, 0.15) is 0 Å². The van der Waals surface area contributed by atoms with Gasteiger partial charge in [-0.25, -0.2) is 4.79 Å². The van der Waals surface area contributed by atoms with E-state index in [9.17, 15) is 9.59 Å². The smallest absolute Gasteiger partial charge is 0.307 e. The van der Waals surface area contributed by atoms with Gasteiger partial charge in [-0.1, -0.05) is 24.3 Å². The van der Waals surface area contributed by atoms with Gasteiger partial charge in [0.15, 0.2) is 0 Å². The molecular weight excluding hydrogens is 194 g/mol. The third-order valence-corrected chi connectivity index (χ3v) is 1.65. The number of carboxylic acids is 1. The molecule has 0 atom stereocenters. The summed E-state index contributed by atoms with van der Waals surface area (Å²) in [6.07, 6.45) is 4.61. The van der Waals surface area contributed by atoms with Gasteiger partial charge in [0.2, 0.25) is 6.08 Å². The van der Waals surface area contributed by atoms with Gasteiger partial charge in [-0.2, -0.15) is 4.99 Å². The van der Waals surface area contributed by atoms with E-state index in [1.807, 2.05) is 0 Å². The molecule has 15 heavy (non-hydrogen) atoms. The Hall–Kier alpha value is -2.19. The highest BCUT2D eigenvalue weighted by Gasteiger charge is 1.92. The van der Waals surface area contributed by atoms with Gasteiger partial charge in [-0.3, -0.25) is 4.79 Å². The molecule has 0 radical (unpaired) electrons. The van der Waals surface area contributed by atoms with Crippen molar-refractivity contribution in [3.05, 3.63) is 35.9 Å². The molecule has 0 amide bonds. The number of hydrogen-bond donors (Lipinski definition) is 1. The Kier molecular flexibility index (Phi) is 4.01. The summed E-state index contributed by atoms with van der Waals surface area (Å²) in [6, 6.07) is 6.86. The summed E-state index contributed by atoms with van der Waals surface area (Å²) in [7, 11) is 0. The summed E-state index contributed by atoms with van der Waals surface area (Å²) >= 11 is 0. The number of benzene rings is 1. The summed E-state index contributed by atoms with van der Waals surface area (Å²) in [5, 5.41) is 8.41. The number of carbonyl (C=O) groups is 1. The van der Waals surface area contributed by atoms with Crippen molar-refractivity contribution < 1.29 is 14.7 Å². The van der Waals surface area contributed by atoms with Crippen molar-refractivity contribution in [3.63, 3.8) is 0 Å². The highest BCUT2D eigenvalue weighted by molar-refractivity contribution is 5.70. The second kappa shape index (κ2) is 5.52. The van der Waals surface area contributed by atoms with Gasteiger partial charge < -0.3 is 5.11 Å². The molecule has 0 heterocycles. The van der Waals surface area contributed by atoms with E-state index in [0.29, 0.717) is 5.69 Å². The predicted octanol–water partition coefficient (Wildman–Crippen LogP) is 2.14. The van der Waals surface area contributed by atoms with Crippen molar-refractivity contribution in [1.29, 1.82) is 0 Å². The topological polar surface area (TPSA) is 66.7 Å². The second-order valence-corrected chi connectivity index (χ2v) is 2.80. The molecule has 1 rings (SSSR count). The van der Waals surface area contributed by atoms with E-state index < -0.39 is 5.97 Å². The minimum atomic E-state index is -0.881. The fraction of sp³-hybridized carbons (Fsp3) is 0.0909. The Labute approximate surface area is 86.6 Å². The zero-order chi connectivity index (χ0) is 11.1. The minimum Gasteiger partial charge on any atom is -0.481 e. The van der Waals surface area contributed by atoms with Gasteiger partial charge in [-0.15, -0.1) is 0 Å². The molecule has 0 saturated carbocycles. The van der Waals surface area contributed by atoms with Crippen LogP contribution in [0.25, 0.3) is 6.08 Å². The average Bonchev–Trinajstić information content (AvgIpc) is 2.18. The summed E-state index contributed by atoms with van der Waals surface area (Å²) in [4.78, 5) is 23.7. The predicted molar refractivity (Wildman–Crippen MR) is 55.5 cm³/mol. The molecule has 0 unspecified atom stereocenters. The van der Waals surface area contributed by atoms with E-state index in [1.165, 1.54) is 12.2 Å². The van der Waals surface area contributed by atoms with Crippen LogP contribution in [0.4, 0.5) is 5.69 Å². The van der Waals surface area contributed by atoms with Crippen LogP contribution < -0.4 is 0 Å². The number of carboxylic acid groups (broad SMARTS) is 1. The van der Waals surface area contributed by atoms with Crippen LogP contribution in [0, 0.1) is 0 Å². The third kappa shape index (κ3) is 4.02. The Bertz CT molecular complexity index is 431. The number of aliphatic imine (C=N–C) groups is 1. The number of rotatable bonds is 4. The molecule has 1 aromatic rings. The van der Waals surface area contributed by atoms with E-state index in [1.54, 1.807) is 30.3 Å². The molecule has 0 aliphatic rings. The monoisotopic (exact) mass is 203 g/mol. The molecule has 4 heteroatoms. The fourth-order valence-electron chi connectivity index (χ4n) is 1.05. The quantitative estimate of drug-likeness (QED) is 0.602. The molecule has 0 saturated heterocycles. The van der Waals surface area contributed by atoms with Crippen LogP contribution in [0.15, 0.2) is 35.3 Å². The molecule has 0 aliphatic heterocycles. The van der Waals surface area contributed by atoms with Crippen molar-refractivity contribution in [2.24, 2.45) is 4.99 Å². The van der Waals surface area contributed by atoms with Gasteiger partial charge in [0, 0.05) is 0 Å². The van der Waals surface area contributed by atoms with Crippen molar-refractivity contribution in [2.45, 2.75) is 6.42 Å². The molecule has 0 fully saturated rings. The van der Waals surface area contributed by atoms with Crippen molar-refractivity contribution in [3.8, 4) is 0 Å². The lowest BCUT2D eigenvalue weighted by Crippen LogP contribution is -1.89. The Balaban J connectivity index is 2.77. The standard InChI is InChI=1S/C11H9NO3/c13-8-12-10-5-1-3-9(7-10)4-2-6-11(14)15/h1-5,7H,6H2,(H,14,15). The fourth-order valence-corrected chi connectivity index (χ4v) is 1.05. The molecule has 4 nitrogen and oxygen atoms in total. The highest BCUT2D eigenvalue weighted by Crippen LogP contribution is 2.14. The maximum atomic E-state index is 10.2. The first-order valence-corrected chi connectivity index (χ1v) is 4.28. The van der Waals surface area contributed by atoms with Crippen LogP contribution >= 0.6 is 0 Å².